The summed E-state index contributed by atoms with van der Waals surface area (Å²) in [5, 5.41) is 10.3. The lowest BCUT2D eigenvalue weighted by atomic mass is 9.47. The maximum absolute atomic E-state index is 10.3. The summed E-state index contributed by atoms with van der Waals surface area (Å²) in [4.78, 5) is 0. The molecule has 4 aliphatic carbocycles. The van der Waals surface area contributed by atoms with Crippen LogP contribution in [0.1, 0.15) is 112 Å². The van der Waals surface area contributed by atoms with Gasteiger partial charge in [-0.1, -0.05) is 50.5 Å². The molecule has 0 heterocycles. The van der Waals surface area contributed by atoms with Crippen molar-refractivity contribution in [2.75, 3.05) is 0 Å². The number of fused-ring (bicyclic) bond motifs is 5. The van der Waals surface area contributed by atoms with Crippen LogP contribution in [0.2, 0.25) is 0 Å². The summed E-state index contributed by atoms with van der Waals surface area (Å²) in [5.41, 5.74) is 6.09. The van der Waals surface area contributed by atoms with E-state index in [1.54, 1.807) is 11.1 Å². The Hall–Kier alpha value is -0.560. The molecule has 0 spiro atoms. The van der Waals surface area contributed by atoms with Gasteiger partial charge < -0.3 is 5.11 Å². The van der Waals surface area contributed by atoms with Gasteiger partial charge in [0.1, 0.15) is 0 Å². The highest BCUT2D eigenvalue weighted by Crippen LogP contribution is 2.67. The Balaban J connectivity index is 1.50. The van der Waals surface area contributed by atoms with Crippen LogP contribution in [0.3, 0.4) is 0 Å². The first-order valence-corrected chi connectivity index (χ1v) is 13.2. The van der Waals surface area contributed by atoms with Crippen molar-refractivity contribution >= 4 is 0 Å². The number of allylic oxidation sites excluding steroid dienone is 4. The van der Waals surface area contributed by atoms with E-state index in [9.17, 15) is 5.11 Å². The van der Waals surface area contributed by atoms with Gasteiger partial charge in [0.25, 0.3) is 0 Å². The van der Waals surface area contributed by atoms with E-state index in [0.29, 0.717) is 16.7 Å². The van der Waals surface area contributed by atoms with Crippen molar-refractivity contribution in [3.05, 3.63) is 22.8 Å². The fourth-order valence-electron chi connectivity index (χ4n) is 8.85. The second kappa shape index (κ2) is 8.42. The van der Waals surface area contributed by atoms with Crippen molar-refractivity contribution in [1.82, 2.24) is 0 Å². The van der Waals surface area contributed by atoms with Crippen molar-refractivity contribution < 1.29 is 5.11 Å². The lowest BCUT2D eigenvalue weighted by Crippen LogP contribution is -2.49. The van der Waals surface area contributed by atoms with E-state index < -0.39 is 0 Å². The molecule has 1 N–H and O–H groups in total. The third kappa shape index (κ3) is 3.66. The molecule has 0 bridgehead atoms. The molecule has 8 atom stereocenters. The minimum atomic E-state index is -0.0441. The average molecular weight is 413 g/mol. The van der Waals surface area contributed by atoms with Gasteiger partial charge in [0, 0.05) is 0 Å². The standard InChI is InChI=1S/C29H48O/c1-7-21(19(2)3)9-8-20(4)25-12-13-26-24-11-10-22-18-23(30)14-16-28(22,5)27(24)15-17-29(25,26)6/h11,20,22-23,25-27,30H,7-10,12-18H2,1-6H3/t20-,22+,23+,25-,26+,27-,28+,29-/m1/s1. The molecule has 0 saturated heterocycles. The Labute approximate surface area is 186 Å². The van der Waals surface area contributed by atoms with Gasteiger partial charge in [0.2, 0.25) is 0 Å². The van der Waals surface area contributed by atoms with Gasteiger partial charge in [0.15, 0.2) is 0 Å². The lowest BCUT2D eigenvalue weighted by Gasteiger charge is -2.57. The molecule has 0 aromatic heterocycles. The van der Waals surface area contributed by atoms with E-state index in [1.807, 2.05) is 5.57 Å². The van der Waals surface area contributed by atoms with Crippen molar-refractivity contribution in [2.45, 2.75) is 118 Å². The summed E-state index contributed by atoms with van der Waals surface area (Å²) < 4.78 is 0. The second-order valence-corrected chi connectivity index (χ2v) is 12.4. The normalized spacial score (nSPS) is 43.8. The summed E-state index contributed by atoms with van der Waals surface area (Å²) in [6.45, 7) is 14.7. The van der Waals surface area contributed by atoms with Gasteiger partial charge in [-0.3, -0.25) is 0 Å². The molecule has 0 amide bonds. The minimum Gasteiger partial charge on any atom is -0.393 e. The Morgan fingerprint density at radius 2 is 1.77 bits per heavy atom. The van der Waals surface area contributed by atoms with Crippen LogP contribution in [0.5, 0.6) is 0 Å². The Morgan fingerprint density at radius 1 is 1.07 bits per heavy atom. The number of aliphatic hydroxyl groups excluding tert-OH is 1. The van der Waals surface area contributed by atoms with Gasteiger partial charge >= 0.3 is 0 Å². The van der Waals surface area contributed by atoms with Crippen molar-refractivity contribution in [1.29, 1.82) is 0 Å². The molecule has 30 heavy (non-hydrogen) atoms. The average Bonchev–Trinajstić information content (AvgIpc) is 3.06. The van der Waals surface area contributed by atoms with Crippen molar-refractivity contribution in [3.8, 4) is 0 Å². The molecule has 0 unspecified atom stereocenters. The first-order valence-electron chi connectivity index (χ1n) is 13.2. The molecule has 3 fully saturated rings. The largest absolute Gasteiger partial charge is 0.393 e. The quantitative estimate of drug-likeness (QED) is 0.452. The van der Waals surface area contributed by atoms with Crippen LogP contribution in [0.15, 0.2) is 22.8 Å². The Kier molecular flexibility index (Phi) is 6.35. The van der Waals surface area contributed by atoms with Crippen LogP contribution >= 0.6 is 0 Å². The lowest BCUT2D eigenvalue weighted by molar-refractivity contribution is -0.0427. The highest BCUT2D eigenvalue weighted by atomic mass is 16.3. The summed E-state index contributed by atoms with van der Waals surface area (Å²) in [6.07, 6.45) is 16.8. The number of aliphatic hydroxyl groups is 1. The SMILES string of the molecule is CCC(CC[C@@H](C)[C@H]1CC[C@H]2C3=CC[C@H]4C[C@@H](O)CC[C@]4(C)[C@@H]3CC[C@]12C)=C(C)C. The van der Waals surface area contributed by atoms with Gasteiger partial charge in [-0.2, -0.15) is 0 Å². The molecule has 1 heteroatoms. The molecule has 0 aliphatic heterocycles. The number of hydrogen-bond acceptors (Lipinski definition) is 1. The summed E-state index contributed by atoms with van der Waals surface area (Å²) in [7, 11) is 0. The Morgan fingerprint density at radius 3 is 2.47 bits per heavy atom. The zero-order valence-electron chi connectivity index (χ0n) is 20.8. The van der Waals surface area contributed by atoms with E-state index in [1.165, 1.54) is 57.8 Å². The fraction of sp³-hybridized carbons (Fsp3) is 0.862. The molecule has 4 aliphatic rings. The van der Waals surface area contributed by atoms with E-state index in [-0.39, 0.29) is 6.10 Å². The molecular formula is C29H48O. The minimum absolute atomic E-state index is 0.0441. The van der Waals surface area contributed by atoms with Crippen LogP contribution in [-0.2, 0) is 0 Å². The smallest absolute Gasteiger partial charge is 0.0543 e. The summed E-state index contributed by atoms with van der Waals surface area (Å²) in [6, 6.07) is 0. The van der Waals surface area contributed by atoms with E-state index in [4.69, 9.17) is 0 Å². The van der Waals surface area contributed by atoms with Gasteiger partial charge in [-0.25, -0.2) is 0 Å². The summed E-state index contributed by atoms with van der Waals surface area (Å²) >= 11 is 0. The monoisotopic (exact) mass is 412 g/mol. The molecular weight excluding hydrogens is 364 g/mol. The van der Waals surface area contributed by atoms with Crippen LogP contribution < -0.4 is 0 Å². The molecule has 1 nitrogen and oxygen atoms in total. The maximum atomic E-state index is 10.3. The van der Waals surface area contributed by atoms with E-state index in [0.717, 1.165) is 36.5 Å². The number of rotatable bonds is 5. The predicted octanol–water partition coefficient (Wildman–Crippen LogP) is 8.09. The third-order valence-corrected chi connectivity index (χ3v) is 10.8. The zero-order chi connectivity index (χ0) is 21.7. The zero-order valence-corrected chi connectivity index (χ0v) is 20.8. The molecule has 3 saturated carbocycles. The first kappa shape index (κ1) is 22.6. The van der Waals surface area contributed by atoms with Gasteiger partial charge in [0.05, 0.1) is 6.10 Å². The topological polar surface area (TPSA) is 20.2 Å². The molecule has 170 valence electrons. The highest BCUT2D eigenvalue weighted by Gasteiger charge is 2.58. The van der Waals surface area contributed by atoms with E-state index >= 15 is 0 Å². The third-order valence-electron chi connectivity index (χ3n) is 10.8. The summed E-state index contributed by atoms with van der Waals surface area (Å²) in [5.74, 6) is 4.09. The molecule has 4 rings (SSSR count). The molecule has 0 radical (unpaired) electrons. The van der Waals surface area contributed by atoms with Gasteiger partial charge in [-0.05, 0) is 125 Å². The van der Waals surface area contributed by atoms with Crippen LogP contribution in [0, 0.1) is 40.4 Å². The predicted molar refractivity (Wildman–Crippen MR) is 128 cm³/mol. The van der Waals surface area contributed by atoms with Crippen LogP contribution in [0.25, 0.3) is 0 Å². The highest BCUT2D eigenvalue weighted by molar-refractivity contribution is 5.27. The Bertz CT molecular complexity index is 697. The maximum Gasteiger partial charge on any atom is 0.0543 e. The van der Waals surface area contributed by atoms with Crippen molar-refractivity contribution in [2.24, 2.45) is 40.4 Å². The first-order chi connectivity index (χ1) is 14.2. The van der Waals surface area contributed by atoms with Crippen LogP contribution in [0.4, 0.5) is 0 Å². The fourth-order valence-corrected chi connectivity index (χ4v) is 8.85. The second-order valence-electron chi connectivity index (χ2n) is 12.4. The van der Waals surface area contributed by atoms with Crippen molar-refractivity contribution in [3.63, 3.8) is 0 Å². The van der Waals surface area contributed by atoms with E-state index in [2.05, 4.69) is 47.6 Å². The molecule has 0 aromatic carbocycles. The van der Waals surface area contributed by atoms with Gasteiger partial charge in [-0.15, -0.1) is 0 Å². The van der Waals surface area contributed by atoms with Crippen LogP contribution in [-0.4, -0.2) is 11.2 Å². The number of hydrogen-bond donors (Lipinski definition) is 1. The molecule has 0 aromatic rings.